The van der Waals surface area contributed by atoms with Crippen LogP contribution in [0.3, 0.4) is 0 Å². The van der Waals surface area contributed by atoms with Crippen molar-refractivity contribution >= 4 is 34.8 Å². The standard InChI is InChI=1S/C11H13N3O2S/c1-2-7-16-11(15)14-10(17)13-9-6-4-3-5-8(9)12/h2-6H,1,7,12H2,(H2,13,14,15,17). The van der Waals surface area contributed by atoms with Gasteiger partial charge in [0.15, 0.2) is 5.11 Å². The molecule has 5 nitrogen and oxygen atoms in total. The van der Waals surface area contributed by atoms with E-state index >= 15 is 0 Å². The number of nitrogens with two attached hydrogens (primary N) is 1. The Morgan fingerprint density at radius 1 is 1.53 bits per heavy atom. The lowest BCUT2D eigenvalue weighted by Gasteiger charge is -2.10. The second-order valence-electron chi connectivity index (χ2n) is 3.05. The maximum atomic E-state index is 11.1. The maximum Gasteiger partial charge on any atom is 0.413 e. The predicted octanol–water partition coefficient (Wildman–Crippen LogP) is 1.88. The zero-order valence-electron chi connectivity index (χ0n) is 9.10. The van der Waals surface area contributed by atoms with E-state index in [1.54, 1.807) is 24.3 Å². The largest absolute Gasteiger partial charge is 0.445 e. The third-order valence-corrected chi connectivity index (χ3v) is 1.96. The molecular weight excluding hydrogens is 238 g/mol. The molecule has 0 fully saturated rings. The molecule has 4 N–H and O–H groups in total. The number of carbonyl (C=O) groups is 1. The van der Waals surface area contributed by atoms with Gasteiger partial charge in [0.2, 0.25) is 0 Å². The molecule has 0 saturated heterocycles. The van der Waals surface area contributed by atoms with Crippen molar-refractivity contribution in [3.8, 4) is 0 Å². The molecule has 1 aromatic rings. The van der Waals surface area contributed by atoms with E-state index in [2.05, 4.69) is 17.2 Å². The van der Waals surface area contributed by atoms with E-state index in [4.69, 9.17) is 22.7 Å². The molecule has 0 saturated carbocycles. The number of hydrogen-bond donors (Lipinski definition) is 3. The molecular formula is C11H13N3O2S. The molecule has 0 radical (unpaired) electrons. The molecule has 0 atom stereocenters. The van der Waals surface area contributed by atoms with E-state index in [0.717, 1.165) is 0 Å². The Balaban J connectivity index is 2.47. The molecule has 17 heavy (non-hydrogen) atoms. The summed E-state index contributed by atoms with van der Waals surface area (Å²) in [5, 5.41) is 5.25. The van der Waals surface area contributed by atoms with Crippen molar-refractivity contribution in [3.05, 3.63) is 36.9 Å². The Bertz CT molecular complexity index is 434. The number of anilines is 2. The minimum Gasteiger partial charge on any atom is -0.445 e. The zero-order valence-corrected chi connectivity index (χ0v) is 9.92. The van der Waals surface area contributed by atoms with Gasteiger partial charge >= 0.3 is 6.09 Å². The predicted molar refractivity (Wildman–Crippen MR) is 71.8 cm³/mol. The molecule has 0 bridgehead atoms. The summed E-state index contributed by atoms with van der Waals surface area (Å²) in [6.45, 7) is 3.55. The fourth-order valence-corrected chi connectivity index (χ4v) is 1.22. The molecule has 0 heterocycles. The first kappa shape index (κ1) is 13.0. The number of amides is 1. The minimum atomic E-state index is -0.642. The monoisotopic (exact) mass is 251 g/mol. The van der Waals surface area contributed by atoms with Crippen LogP contribution in [0.5, 0.6) is 0 Å². The third kappa shape index (κ3) is 4.52. The molecule has 6 heteroatoms. The summed E-state index contributed by atoms with van der Waals surface area (Å²) in [7, 11) is 0. The van der Waals surface area contributed by atoms with Crippen molar-refractivity contribution in [1.82, 2.24) is 5.32 Å². The Morgan fingerprint density at radius 3 is 2.88 bits per heavy atom. The maximum absolute atomic E-state index is 11.1. The van der Waals surface area contributed by atoms with Gasteiger partial charge in [-0.15, -0.1) is 0 Å². The first-order chi connectivity index (χ1) is 8.13. The number of para-hydroxylation sites is 2. The lowest BCUT2D eigenvalue weighted by atomic mass is 10.3. The summed E-state index contributed by atoms with van der Waals surface area (Å²) < 4.78 is 4.70. The molecule has 0 aliphatic carbocycles. The smallest absolute Gasteiger partial charge is 0.413 e. The van der Waals surface area contributed by atoms with Crippen LogP contribution in [0.2, 0.25) is 0 Å². The van der Waals surface area contributed by atoms with Gasteiger partial charge in [0, 0.05) is 0 Å². The van der Waals surface area contributed by atoms with Gasteiger partial charge in [-0.2, -0.15) is 0 Å². The molecule has 0 aromatic heterocycles. The molecule has 0 aliphatic heterocycles. The molecule has 1 amide bonds. The van der Waals surface area contributed by atoms with Crippen LogP contribution in [0.15, 0.2) is 36.9 Å². The van der Waals surface area contributed by atoms with Crippen molar-refractivity contribution < 1.29 is 9.53 Å². The molecule has 0 unspecified atom stereocenters. The number of hydrogen-bond acceptors (Lipinski definition) is 4. The van der Waals surface area contributed by atoms with Gasteiger partial charge in [0.05, 0.1) is 11.4 Å². The lowest BCUT2D eigenvalue weighted by Crippen LogP contribution is -2.34. The van der Waals surface area contributed by atoms with Crippen LogP contribution in [0, 0.1) is 0 Å². The molecule has 90 valence electrons. The van der Waals surface area contributed by atoms with Gasteiger partial charge in [-0.3, -0.25) is 5.32 Å². The van der Waals surface area contributed by atoms with E-state index in [0.29, 0.717) is 11.4 Å². The highest BCUT2D eigenvalue weighted by atomic mass is 32.1. The van der Waals surface area contributed by atoms with Crippen LogP contribution in [0.4, 0.5) is 16.2 Å². The van der Waals surface area contributed by atoms with Crippen LogP contribution in [-0.4, -0.2) is 17.8 Å². The number of ether oxygens (including phenoxy) is 1. The van der Waals surface area contributed by atoms with Gasteiger partial charge in [0.1, 0.15) is 6.61 Å². The Morgan fingerprint density at radius 2 is 2.24 bits per heavy atom. The second kappa shape index (κ2) is 6.49. The number of rotatable bonds is 3. The number of alkyl carbamates (subject to hydrolysis) is 1. The fourth-order valence-electron chi connectivity index (χ4n) is 1.03. The van der Waals surface area contributed by atoms with Gasteiger partial charge < -0.3 is 15.8 Å². The first-order valence-corrected chi connectivity index (χ1v) is 5.24. The first-order valence-electron chi connectivity index (χ1n) is 4.83. The van der Waals surface area contributed by atoms with Gasteiger partial charge in [-0.1, -0.05) is 24.8 Å². The average Bonchev–Trinajstić information content (AvgIpc) is 2.29. The molecule has 0 spiro atoms. The van der Waals surface area contributed by atoms with Crippen molar-refractivity contribution in [2.75, 3.05) is 17.7 Å². The topological polar surface area (TPSA) is 76.4 Å². The summed E-state index contributed by atoms with van der Waals surface area (Å²) in [5.74, 6) is 0. The summed E-state index contributed by atoms with van der Waals surface area (Å²) in [5.41, 5.74) is 6.86. The van der Waals surface area contributed by atoms with Crippen LogP contribution in [0.25, 0.3) is 0 Å². The van der Waals surface area contributed by atoms with E-state index < -0.39 is 6.09 Å². The third-order valence-electron chi connectivity index (χ3n) is 1.76. The summed E-state index contributed by atoms with van der Waals surface area (Å²) >= 11 is 4.92. The zero-order chi connectivity index (χ0) is 12.7. The van der Waals surface area contributed by atoms with Crippen LogP contribution < -0.4 is 16.4 Å². The van der Waals surface area contributed by atoms with E-state index in [1.165, 1.54) is 6.08 Å². The SMILES string of the molecule is C=CCOC(=O)NC(=S)Nc1ccccc1N. The number of thiocarbonyl (C=S) groups is 1. The number of nitrogen functional groups attached to an aromatic ring is 1. The average molecular weight is 251 g/mol. The summed E-state index contributed by atoms with van der Waals surface area (Å²) in [6, 6.07) is 7.08. The number of nitrogens with one attached hydrogen (secondary N) is 2. The normalized spacial score (nSPS) is 9.18. The quantitative estimate of drug-likeness (QED) is 0.434. The number of benzene rings is 1. The fraction of sp³-hybridized carbons (Fsp3) is 0.0909. The summed E-state index contributed by atoms with van der Waals surface area (Å²) in [6.07, 6.45) is 0.822. The van der Waals surface area contributed by atoms with Crippen LogP contribution in [-0.2, 0) is 4.74 Å². The highest BCUT2D eigenvalue weighted by Gasteiger charge is 2.05. The highest BCUT2D eigenvalue weighted by molar-refractivity contribution is 7.80. The Hall–Kier alpha value is -2.08. The van der Waals surface area contributed by atoms with Crippen molar-refractivity contribution in [3.63, 3.8) is 0 Å². The Kier molecular flexibility index (Phi) is 4.96. The van der Waals surface area contributed by atoms with Crippen LogP contribution in [0.1, 0.15) is 0 Å². The molecule has 0 aliphatic rings. The minimum absolute atomic E-state index is 0.122. The molecule has 1 aromatic carbocycles. The summed E-state index contributed by atoms with van der Waals surface area (Å²) in [4.78, 5) is 11.1. The van der Waals surface area contributed by atoms with Gasteiger partial charge in [-0.25, -0.2) is 4.79 Å². The van der Waals surface area contributed by atoms with E-state index in [-0.39, 0.29) is 11.7 Å². The second-order valence-corrected chi connectivity index (χ2v) is 3.46. The highest BCUT2D eigenvalue weighted by Crippen LogP contribution is 2.16. The van der Waals surface area contributed by atoms with Crippen molar-refractivity contribution in [1.29, 1.82) is 0 Å². The molecule has 1 rings (SSSR count). The van der Waals surface area contributed by atoms with Crippen molar-refractivity contribution in [2.24, 2.45) is 0 Å². The van der Waals surface area contributed by atoms with E-state index in [9.17, 15) is 4.79 Å². The van der Waals surface area contributed by atoms with Gasteiger partial charge in [0.25, 0.3) is 0 Å². The Labute approximate surface area is 105 Å². The van der Waals surface area contributed by atoms with Gasteiger partial charge in [-0.05, 0) is 24.4 Å². The van der Waals surface area contributed by atoms with E-state index in [1.807, 2.05) is 0 Å². The van der Waals surface area contributed by atoms with Crippen LogP contribution >= 0.6 is 12.2 Å². The number of carbonyl (C=O) groups excluding carboxylic acids is 1. The van der Waals surface area contributed by atoms with Crippen molar-refractivity contribution in [2.45, 2.75) is 0 Å². The lowest BCUT2D eigenvalue weighted by molar-refractivity contribution is 0.164.